The Bertz CT molecular complexity index is 407. The van der Waals surface area contributed by atoms with E-state index in [4.69, 9.17) is 0 Å². The van der Waals surface area contributed by atoms with Crippen molar-refractivity contribution < 1.29 is 0 Å². The molecule has 1 N–H and O–H groups in total. The van der Waals surface area contributed by atoms with Gasteiger partial charge in [-0.1, -0.05) is 12.7 Å². The fraction of sp³-hybridized carbons (Fsp3) is 0.562. The number of hydrogen-bond donors (Lipinski definition) is 1. The van der Waals surface area contributed by atoms with Crippen LogP contribution in [0.4, 0.5) is 5.82 Å². The van der Waals surface area contributed by atoms with E-state index in [1.807, 2.05) is 24.4 Å². The van der Waals surface area contributed by atoms with Crippen molar-refractivity contribution in [3.8, 4) is 0 Å². The lowest BCUT2D eigenvalue weighted by Crippen LogP contribution is -2.48. The maximum atomic E-state index is 4.37. The molecule has 0 saturated carbocycles. The Hall–Kier alpha value is -1.39. The van der Waals surface area contributed by atoms with Crippen molar-refractivity contribution in [3.05, 3.63) is 30.5 Å². The molecule has 1 aromatic heterocycles. The highest BCUT2D eigenvalue weighted by molar-refractivity contribution is 5.48. The molecule has 1 atom stereocenters. The SMILES string of the molecule is C=Cc1ccc(NCC[C@H](C)N2CCN(C)CC2)nc1. The third-order valence-electron chi connectivity index (χ3n) is 4.05. The third-order valence-corrected chi connectivity index (χ3v) is 4.05. The van der Waals surface area contributed by atoms with Crippen LogP contribution in [0.1, 0.15) is 18.9 Å². The van der Waals surface area contributed by atoms with Gasteiger partial charge in [-0.3, -0.25) is 4.90 Å². The minimum atomic E-state index is 0.628. The van der Waals surface area contributed by atoms with Crippen molar-refractivity contribution in [2.75, 3.05) is 45.1 Å². The molecule has 2 rings (SSSR count). The summed E-state index contributed by atoms with van der Waals surface area (Å²) in [7, 11) is 2.20. The highest BCUT2D eigenvalue weighted by atomic mass is 15.3. The van der Waals surface area contributed by atoms with Crippen LogP contribution >= 0.6 is 0 Å². The summed E-state index contributed by atoms with van der Waals surface area (Å²) in [4.78, 5) is 9.34. The van der Waals surface area contributed by atoms with Crippen LogP contribution in [0, 0.1) is 0 Å². The Morgan fingerprint density at radius 1 is 1.35 bits per heavy atom. The van der Waals surface area contributed by atoms with Crippen LogP contribution in [0.3, 0.4) is 0 Å². The van der Waals surface area contributed by atoms with E-state index < -0.39 is 0 Å². The first-order chi connectivity index (χ1) is 9.69. The molecule has 4 nitrogen and oxygen atoms in total. The first-order valence-electron chi connectivity index (χ1n) is 7.44. The average molecular weight is 274 g/mol. The molecular weight excluding hydrogens is 248 g/mol. The zero-order chi connectivity index (χ0) is 14.4. The number of hydrogen-bond acceptors (Lipinski definition) is 4. The Morgan fingerprint density at radius 3 is 2.70 bits per heavy atom. The zero-order valence-corrected chi connectivity index (χ0v) is 12.7. The maximum absolute atomic E-state index is 4.37. The van der Waals surface area contributed by atoms with Crippen LogP contribution < -0.4 is 5.32 Å². The van der Waals surface area contributed by atoms with Crippen LogP contribution in [0.5, 0.6) is 0 Å². The molecule has 0 amide bonds. The second kappa shape index (κ2) is 7.41. The first kappa shape index (κ1) is 15.0. The van der Waals surface area contributed by atoms with E-state index in [9.17, 15) is 0 Å². The lowest BCUT2D eigenvalue weighted by Gasteiger charge is -2.36. The van der Waals surface area contributed by atoms with Gasteiger partial charge in [0.1, 0.15) is 5.82 Å². The lowest BCUT2D eigenvalue weighted by molar-refractivity contribution is 0.116. The van der Waals surface area contributed by atoms with Gasteiger partial charge in [-0.05, 0) is 38.1 Å². The van der Waals surface area contributed by atoms with Crippen LogP contribution in [-0.2, 0) is 0 Å². The van der Waals surface area contributed by atoms with Crippen LogP contribution in [0.2, 0.25) is 0 Å². The second-order valence-electron chi connectivity index (χ2n) is 5.58. The van der Waals surface area contributed by atoms with E-state index in [1.165, 1.54) is 26.2 Å². The number of likely N-dealkylation sites (N-methyl/N-ethyl adjacent to an activating group) is 1. The molecule has 1 aliphatic heterocycles. The van der Waals surface area contributed by atoms with Gasteiger partial charge < -0.3 is 10.2 Å². The van der Waals surface area contributed by atoms with Crippen LogP contribution in [-0.4, -0.2) is 60.6 Å². The smallest absolute Gasteiger partial charge is 0.125 e. The quantitative estimate of drug-likeness (QED) is 0.861. The lowest BCUT2D eigenvalue weighted by atomic mass is 10.1. The summed E-state index contributed by atoms with van der Waals surface area (Å²) in [6.45, 7) is 11.8. The van der Waals surface area contributed by atoms with Crippen LogP contribution in [0.25, 0.3) is 6.08 Å². The largest absolute Gasteiger partial charge is 0.370 e. The summed E-state index contributed by atoms with van der Waals surface area (Å²) in [6, 6.07) is 4.67. The Balaban J connectivity index is 1.70. The van der Waals surface area contributed by atoms with Gasteiger partial charge in [-0.25, -0.2) is 4.98 Å². The van der Waals surface area contributed by atoms with Gasteiger partial charge in [0, 0.05) is 45.0 Å². The maximum Gasteiger partial charge on any atom is 0.125 e. The number of rotatable bonds is 6. The highest BCUT2D eigenvalue weighted by Gasteiger charge is 2.18. The topological polar surface area (TPSA) is 31.4 Å². The molecular formula is C16H26N4. The standard InChI is InChI=1S/C16H26N4/c1-4-15-5-6-16(18-13-15)17-8-7-14(2)20-11-9-19(3)10-12-20/h4-6,13-14H,1,7-12H2,2-3H3,(H,17,18)/t14-/m0/s1. The molecule has 1 aromatic rings. The van der Waals surface area contributed by atoms with Gasteiger partial charge in [-0.15, -0.1) is 0 Å². The number of nitrogens with one attached hydrogen (secondary N) is 1. The number of nitrogens with zero attached hydrogens (tertiary/aromatic N) is 3. The molecule has 0 unspecified atom stereocenters. The van der Waals surface area contributed by atoms with Crippen molar-refractivity contribution >= 4 is 11.9 Å². The van der Waals surface area contributed by atoms with Gasteiger partial charge in [0.05, 0.1) is 0 Å². The molecule has 1 saturated heterocycles. The average Bonchev–Trinajstić information content (AvgIpc) is 2.48. The summed E-state index contributed by atoms with van der Waals surface area (Å²) in [5.41, 5.74) is 1.06. The van der Waals surface area contributed by atoms with E-state index in [0.717, 1.165) is 24.3 Å². The van der Waals surface area contributed by atoms with Crippen molar-refractivity contribution in [2.24, 2.45) is 0 Å². The normalized spacial score (nSPS) is 18.7. The molecule has 4 heteroatoms. The molecule has 20 heavy (non-hydrogen) atoms. The van der Waals surface area contributed by atoms with Gasteiger partial charge in [0.2, 0.25) is 0 Å². The molecule has 110 valence electrons. The molecule has 0 radical (unpaired) electrons. The summed E-state index contributed by atoms with van der Waals surface area (Å²) in [6.07, 6.45) is 4.81. The fourth-order valence-electron chi connectivity index (χ4n) is 2.49. The number of pyridine rings is 1. The first-order valence-corrected chi connectivity index (χ1v) is 7.44. The summed E-state index contributed by atoms with van der Waals surface area (Å²) in [5.74, 6) is 0.946. The van der Waals surface area contributed by atoms with Crippen LogP contribution in [0.15, 0.2) is 24.9 Å². The van der Waals surface area contributed by atoms with E-state index >= 15 is 0 Å². The predicted molar refractivity (Wildman–Crippen MR) is 86.0 cm³/mol. The summed E-state index contributed by atoms with van der Waals surface area (Å²) < 4.78 is 0. The highest BCUT2D eigenvalue weighted by Crippen LogP contribution is 2.10. The number of anilines is 1. The zero-order valence-electron chi connectivity index (χ0n) is 12.7. The second-order valence-corrected chi connectivity index (χ2v) is 5.58. The van der Waals surface area contributed by atoms with E-state index in [2.05, 4.69) is 40.7 Å². The monoisotopic (exact) mass is 274 g/mol. The summed E-state index contributed by atoms with van der Waals surface area (Å²) >= 11 is 0. The Kier molecular flexibility index (Phi) is 5.56. The Morgan fingerprint density at radius 2 is 2.10 bits per heavy atom. The van der Waals surface area contributed by atoms with Gasteiger partial charge >= 0.3 is 0 Å². The molecule has 0 bridgehead atoms. The van der Waals surface area contributed by atoms with Crippen molar-refractivity contribution in [2.45, 2.75) is 19.4 Å². The molecule has 1 aliphatic rings. The Labute approximate surface area is 122 Å². The fourth-order valence-corrected chi connectivity index (χ4v) is 2.49. The minimum Gasteiger partial charge on any atom is -0.370 e. The van der Waals surface area contributed by atoms with Crippen molar-refractivity contribution in [1.82, 2.24) is 14.8 Å². The molecule has 2 heterocycles. The minimum absolute atomic E-state index is 0.628. The van der Waals surface area contributed by atoms with Crippen molar-refractivity contribution in [1.29, 1.82) is 0 Å². The van der Waals surface area contributed by atoms with Gasteiger partial charge in [0.15, 0.2) is 0 Å². The van der Waals surface area contributed by atoms with Gasteiger partial charge in [0.25, 0.3) is 0 Å². The van der Waals surface area contributed by atoms with Gasteiger partial charge in [-0.2, -0.15) is 0 Å². The summed E-state index contributed by atoms with van der Waals surface area (Å²) in [5, 5.41) is 3.39. The van der Waals surface area contributed by atoms with E-state index in [-0.39, 0.29) is 0 Å². The van der Waals surface area contributed by atoms with E-state index in [1.54, 1.807) is 0 Å². The number of aromatic nitrogens is 1. The predicted octanol–water partition coefficient (Wildman–Crippen LogP) is 2.16. The molecule has 0 spiro atoms. The molecule has 0 aromatic carbocycles. The molecule has 0 aliphatic carbocycles. The van der Waals surface area contributed by atoms with Crippen molar-refractivity contribution in [3.63, 3.8) is 0 Å². The van der Waals surface area contributed by atoms with E-state index in [0.29, 0.717) is 6.04 Å². The number of piperazine rings is 1. The third kappa shape index (κ3) is 4.32. The molecule has 1 fully saturated rings.